The lowest BCUT2D eigenvalue weighted by Gasteiger charge is -2.05. The fourth-order valence-electron chi connectivity index (χ4n) is 2.43. The minimum absolute atomic E-state index is 0.206. The molecule has 0 spiro atoms. The van der Waals surface area contributed by atoms with Crippen LogP contribution >= 0.6 is 35.0 Å². The first-order chi connectivity index (χ1) is 13.6. The van der Waals surface area contributed by atoms with Gasteiger partial charge in [0.15, 0.2) is 0 Å². The standard InChI is InChI=1S/C20H17Cl2N3O2S/c1-27-16-7-6-13-8-15(20(22)24-18(13)9-16)10-23-25-19(26)12-28-11-14-4-2-3-5-17(14)21/h2-10H,11-12H2,1H3,(H,25,26)/b23-10-. The topological polar surface area (TPSA) is 63.6 Å². The summed E-state index contributed by atoms with van der Waals surface area (Å²) in [6, 6.07) is 15.0. The lowest BCUT2D eigenvalue weighted by atomic mass is 10.1. The van der Waals surface area contributed by atoms with Gasteiger partial charge >= 0.3 is 0 Å². The summed E-state index contributed by atoms with van der Waals surface area (Å²) in [6.07, 6.45) is 1.48. The van der Waals surface area contributed by atoms with Crippen LogP contribution in [0.25, 0.3) is 10.9 Å². The number of nitrogens with one attached hydrogen (secondary N) is 1. The van der Waals surface area contributed by atoms with Crippen LogP contribution in [0.4, 0.5) is 0 Å². The highest BCUT2D eigenvalue weighted by molar-refractivity contribution is 7.99. The van der Waals surface area contributed by atoms with Crippen LogP contribution in [0, 0.1) is 0 Å². The molecule has 0 aliphatic heterocycles. The van der Waals surface area contributed by atoms with Gasteiger partial charge in [-0.3, -0.25) is 4.79 Å². The number of thioether (sulfide) groups is 1. The number of halogens is 2. The molecule has 1 heterocycles. The Morgan fingerprint density at radius 2 is 2.07 bits per heavy atom. The van der Waals surface area contributed by atoms with Crippen molar-refractivity contribution >= 4 is 58.0 Å². The smallest absolute Gasteiger partial charge is 0.250 e. The van der Waals surface area contributed by atoms with Gasteiger partial charge in [0.2, 0.25) is 5.91 Å². The van der Waals surface area contributed by atoms with Gasteiger partial charge in [-0.15, -0.1) is 11.8 Å². The molecule has 144 valence electrons. The van der Waals surface area contributed by atoms with Crippen LogP contribution in [-0.4, -0.2) is 30.0 Å². The molecule has 1 amide bonds. The van der Waals surface area contributed by atoms with E-state index in [1.807, 2.05) is 42.5 Å². The van der Waals surface area contributed by atoms with E-state index >= 15 is 0 Å². The molecule has 0 atom stereocenters. The van der Waals surface area contributed by atoms with E-state index in [0.29, 0.717) is 27.2 Å². The van der Waals surface area contributed by atoms with E-state index in [9.17, 15) is 4.79 Å². The number of methoxy groups -OCH3 is 1. The summed E-state index contributed by atoms with van der Waals surface area (Å²) in [4.78, 5) is 16.3. The van der Waals surface area contributed by atoms with E-state index in [0.717, 1.165) is 16.5 Å². The lowest BCUT2D eigenvalue weighted by molar-refractivity contribution is -0.118. The van der Waals surface area contributed by atoms with Gasteiger partial charge in [-0.05, 0) is 29.8 Å². The summed E-state index contributed by atoms with van der Waals surface area (Å²) in [5.41, 5.74) is 4.83. The summed E-state index contributed by atoms with van der Waals surface area (Å²) in [7, 11) is 1.60. The highest BCUT2D eigenvalue weighted by atomic mass is 35.5. The van der Waals surface area contributed by atoms with Crippen molar-refractivity contribution in [2.75, 3.05) is 12.9 Å². The summed E-state index contributed by atoms with van der Waals surface area (Å²) in [5, 5.41) is 5.87. The first kappa shape index (κ1) is 20.5. The van der Waals surface area contributed by atoms with Crippen LogP contribution in [0.5, 0.6) is 5.75 Å². The number of fused-ring (bicyclic) bond motifs is 1. The van der Waals surface area contributed by atoms with Gasteiger partial charge in [-0.25, -0.2) is 10.4 Å². The van der Waals surface area contributed by atoms with Crippen LogP contribution < -0.4 is 10.2 Å². The monoisotopic (exact) mass is 433 g/mol. The number of aromatic nitrogens is 1. The van der Waals surface area contributed by atoms with E-state index in [2.05, 4.69) is 15.5 Å². The molecule has 0 saturated carbocycles. The minimum atomic E-state index is -0.206. The molecule has 5 nitrogen and oxygen atoms in total. The predicted molar refractivity (Wildman–Crippen MR) is 117 cm³/mol. The number of benzene rings is 2. The number of pyridine rings is 1. The number of carbonyl (C=O) groups excluding carboxylic acids is 1. The van der Waals surface area contributed by atoms with Crippen molar-refractivity contribution in [1.82, 2.24) is 10.4 Å². The minimum Gasteiger partial charge on any atom is -0.497 e. The van der Waals surface area contributed by atoms with Crippen molar-refractivity contribution in [1.29, 1.82) is 0 Å². The van der Waals surface area contributed by atoms with Gasteiger partial charge in [0.1, 0.15) is 10.9 Å². The Kier molecular flexibility index (Phi) is 7.14. The third-order valence-electron chi connectivity index (χ3n) is 3.85. The van der Waals surface area contributed by atoms with Crippen molar-refractivity contribution < 1.29 is 9.53 Å². The molecule has 28 heavy (non-hydrogen) atoms. The Hall–Kier alpha value is -2.28. The van der Waals surface area contributed by atoms with Crippen LogP contribution in [0.3, 0.4) is 0 Å². The quantitative estimate of drug-likeness (QED) is 0.325. The molecule has 3 aromatic rings. The van der Waals surface area contributed by atoms with Crippen molar-refractivity contribution in [3.05, 3.63) is 69.8 Å². The van der Waals surface area contributed by atoms with Crippen molar-refractivity contribution in [3.63, 3.8) is 0 Å². The number of carbonyl (C=O) groups is 1. The zero-order valence-corrected chi connectivity index (χ0v) is 17.3. The molecule has 2 aromatic carbocycles. The van der Waals surface area contributed by atoms with Crippen molar-refractivity contribution in [2.45, 2.75) is 5.75 Å². The first-order valence-electron chi connectivity index (χ1n) is 8.34. The molecule has 0 aliphatic rings. The Morgan fingerprint density at radius 3 is 2.86 bits per heavy atom. The summed E-state index contributed by atoms with van der Waals surface area (Å²) >= 11 is 13.8. The van der Waals surface area contributed by atoms with Crippen LogP contribution in [0.15, 0.2) is 53.6 Å². The van der Waals surface area contributed by atoms with E-state index < -0.39 is 0 Å². The maximum atomic E-state index is 11.9. The summed E-state index contributed by atoms with van der Waals surface area (Å²) in [6.45, 7) is 0. The van der Waals surface area contributed by atoms with Gasteiger partial charge in [0.05, 0.1) is 24.6 Å². The third-order valence-corrected chi connectivity index (χ3v) is 5.50. The SMILES string of the molecule is COc1ccc2cc(/C=N\NC(=O)CSCc3ccccc3Cl)c(Cl)nc2c1. The molecule has 0 saturated heterocycles. The second kappa shape index (κ2) is 9.78. The highest BCUT2D eigenvalue weighted by Crippen LogP contribution is 2.23. The maximum absolute atomic E-state index is 11.9. The molecule has 0 radical (unpaired) electrons. The first-order valence-corrected chi connectivity index (χ1v) is 10.2. The van der Waals surface area contributed by atoms with Crippen LogP contribution in [0.2, 0.25) is 10.2 Å². The number of hydrogen-bond donors (Lipinski definition) is 1. The number of nitrogens with zero attached hydrogens (tertiary/aromatic N) is 2. The molecule has 3 rings (SSSR count). The molecule has 8 heteroatoms. The molecule has 0 bridgehead atoms. The Morgan fingerprint density at radius 1 is 1.25 bits per heavy atom. The predicted octanol–water partition coefficient (Wildman–Crippen LogP) is 4.93. The van der Waals surface area contributed by atoms with Gasteiger partial charge < -0.3 is 4.74 Å². The maximum Gasteiger partial charge on any atom is 0.250 e. The fourth-order valence-corrected chi connectivity index (χ4v) is 3.73. The van der Waals surface area contributed by atoms with E-state index in [4.69, 9.17) is 27.9 Å². The summed E-state index contributed by atoms with van der Waals surface area (Å²) in [5.74, 6) is 1.43. The zero-order valence-electron chi connectivity index (χ0n) is 15.0. The van der Waals surface area contributed by atoms with E-state index in [1.165, 1.54) is 18.0 Å². The van der Waals surface area contributed by atoms with Gasteiger partial charge in [0, 0.05) is 27.8 Å². The van der Waals surface area contributed by atoms with Gasteiger partial charge in [0.25, 0.3) is 0 Å². The second-order valence-electron chi connectivity index (χ2n) is 5.80. The number of ether oxygens (including phenoxy) is 1. The molecule has 0 aliphatic carbocycles. The summed E-state index contributed by atoms with van der Waals surface area (Å²) < 4.78 is 5.18. The number of hydrogen-bond acceptors (Lipinski definition) is 5. The van der Waals surface area contributed by atoms with Crippen LogP contribution in [-0.2, 0) is 10.5 Å². The highest BCUT2D eigenvalue weighted by Gasteiger charge is 2.06. The number of rotatable bonds is 7. The molecule has 1 aromatic heterocycles. The molecule has 1 N–H and O–H groups in total. The Balaban J connectivity index is 1.55. The van der Waals surface area contributed by atoms with Crippen molar-refractivity contribution in [2.24, 2.45) is 5.10 Å². The van der Waals surface area contributed by atoms with Gasteiger partial charge in [-0.2, -0.15) is 5.10 Å². The largest absolute Gasteiger partial charge is 0.497 e. The Bertz CT molecular complexity index is 1030. The molecular weight excluding hydrogens is 417 g/mol. The molecule has 0 unspecified atom stereocenters. The lowest BCUT2D eigenvalue weighted by Crippen LogP contribution is -2.19. The fraction of sp³-hybridized carbons (Fsp3) is 0.150. The zero-order chi connectivity index (χ0) is 19.9. The van der Waals surface area contributed by atoms with Crippen LogP contribution in [0.1, 0.15) is 11.1 Å². The number of hydrazone groups is 1. The third kappa shape index (κ3) is 5.38. The van der Waals surface area contributed by atoms with E-state index in [-0.39, 0.29) is 11.7 Å². The molecular formula is C20H17Cl2N3O2S. The molecule has 0 fully saturated rings. The average Bonchev–Trinajstić information content (AvgIpc) is 2.69. The van der Waals surface area contributed by atoms with E-state index in [1.54, 1.807) is 13.2 Å². The van der Waals surface area contributed by atoms with Crippen molar-refractivity contribution in [3.8, 4) is 5.75 Å². The number of amides is 1. The Labute approximate surface area is 177 Å². The normalized spacial score (nSPS) is 11.1. The van der Waals surface area contributed by atoms with Gasteiger partial charge in [-0.1, -0.05) is 41.4 Å². The average molecular weight is 434 g/mol. The second-order valence-corrected chi connectivity index (χ2v) is 7.56.